The molecule has 0 aromatic rings. The van der Waals surface area contributed by atoms with E-state index in [4.69, 9.17) is 14.2 Å². The molecule has 2 atom stereocenters. The summed E-state index contributed by atoms with van der Waals surface area (Å²) in [7, 11) is -3.09. The molecule has 2 unspecified atom stereocenters. The molecule has 1 aliphatic rings. The molecule has 0 amide bonds. The molecule has 1 aliphatic heterocycles. The standard InChI is InChI=1S/C5H11O4P/c1-5-2-3-8-10(7,4-6)9-5/h5-6H,2-4H2,1H3. The van der Waals surface area contributed by atoms with Crippen LogP contribution >= 0.6 is 7.60 Å². The molecule has 1 rings (SSSR count). The lowest BCUT2D eigenvalue weighted by atomic mass is 10.3. The number of rotatable bonds is 1. The van der Waals surface area contributed by atoms with E-state index in [1.54, 1.807) is 0 Å². The Labute approximate surface area is 59.7 Å². The average molecular weight is 166 g/mol. The minimum Gasteiger partial charge on any atom is -0.384 e. The van der Waals surface area contributed by atoms with E-state index in [1.807, 2.05) is 6.92 Å². The first-order chi connectivity index (χ1) is 4.66. The van der Waals surface area contributed by atoms with Gasteiger partial charge in [-0.3, -0.25) is 4.57 Å². The molecule has 0 radical (unpaired) electrons. The molecule has 10 heavy (non-hydrogen) atoms. The zero-order valence-electron chi connectivity index (χ0n) is 5.82. The van der Waals surface area contributed by atoms with Crippen molar-refractivity contribution in [3.8, 4) is 0 Å². The summed E-state index contributed by atoms with van der Waals surface area (Å²) in [6, 6.07) is 0. The maximum atomic E-state index is 11.1. The third-order valence-corrected chi connectivity index (χ3v) is 2.93. The van der Waals surface area contributed by atoms with Gasteiger partial charge in [-0.2, -0.15) is 0 Å². The van der Waals surface area contributed by atoms with Gasteiger partial charge in [0.2, 0.25) is 0 Å². The molecule has 1 saturated heterocycles. The van der Waals surface area contributed by atoms with E-state index >= 15 is 0 Å². The molecule has 0 aromatic heterocycles. The lowest BCUT2D eigenvalue weighted by Gasteiger charge is -2.25. The summed E-state index contributed by atoms with van der Waals surface area (Å²) in [4.78, 5) is 0. The van der Waals surface area contributed by atoms with Gasteiger partial charge in [-0.1, -0.05) is 0 Å². The zero-order chi connectivity index (χ0) is 7.61. The highest BCUT2D eigenvalue weighted by atomic mass is 31.2. The predicted molar refractivity (Wildman–Crippen MR) is 35.8 cm³/mol. The van der Waals surface area contributed by atoms with E-state index in [9.17, 15) is 4.57 Å². The summed E-state index contributed by atoms with van der Waals surface area (Å²) in [6.45, 7) is 2.23. The first kappa shape index (κ1) is 8.21. The summed E-state index contributed by atoms with van der Waals surface area (Å²) in [5.74, 6) is 0. The fourth-order valence-corrected chi connectivity index (χ4v) is 2.04. The Kier molecular flexibility index (Phi) is 2.47. The van der Waals surface area contributed by atoms with Crippen LogP contribution in [-0.4, -0.2) is 24.2 Å². The molecule has 1 fully saturated rings. The zero-order valence-corrected chi connectivity index (χ0v) is 6.71. The molecule has 0 aromatic carbocycles. The van der Waals surface area contributed by atoms with Crippen LogP contribution in [0.2, 0.25) is 0 Å². The highest BCUT2D eigenvalue weighted by Gasteiger charge is 2.30. The second-order valence-electron chi connectivity index (χ2n) is 2.29. The van der Waals surface area contributed by atoms with Crippen molar-refractivity contribution in [3.05, 3.63) is 0 Å². The number of hydrogen-bond acceptors (Lipinski definition) is 4. The predicted octanol–water partition coefficient (Wildman–Crippen LogP) is 0.955. The second kappa shape index (κ2) is 3.01. The molecule has 0 saturated carbocycles. The lowest BCUT2D eigenvalue weighted by molar-refractivity contribution is 0.0809. The topological polar surface area (TPSA) is 55.8 Å². The summed E-state index contributed by atoms with van der Waals surface area (Å²) < 4.78 is 20.8. The van der Waals surface area contributed by atoms with Gasteiger partial charge >= 0.3 is 7.60 Å². The van der Waals surface area contributed by atoms with Crippen LogP contribution in [0.15, 0.2) is 0 Å². The van der Waals surface area contributed by atoms with Crippen LogP contribution in [0.1, 0.15) is 13.3 Å². The fourth-order valence-electron chi connectivity index (χ4n) is 0.789. The van der Waals surface area contributed by atoms with Gasteiger partial charge in [0.1, 0.15) is 6.35 Å². The average Bonchev–Trinajstić information content (AvgIpc) is 1.88. The van der Waals surface area contributed by atoms with Gasteiger partial charge in [0, 0.05) is 0 Å². The molecule has 1 N–H and O–H groups in total. The van der Waals surface area contributed by atoms with E-state index in [0.29, 0.717) is 6.61 Å². The van der Waals surface area contributed by atoms with Crippen LogP contribution in [-0.2, 0) is 13.6 Å². The van der Waals surface area contributed by atoms with Gasteiger partial charge in [-0.15, -0.1) is 0 Å². The lowest BCUT2D eigenvalue weighted by Crippen LogP contribution is -2.18. The minimum atomic E-state index is -3.09. The molecular formula is C5H11O4P. The van der Waals surface area contributed by atoms with Gasteiger partial charge in [-0.05, 0) is 13.3 Å². The summed E-state index contributed by atoms with van der Waals surface area (Å²) >= 11 is 0. The largest absolute Gasteiger partial charge is 0.384 e. The molecule has 60 valence electrons. The monoisotopic (exact) mass is 166 g/mol. The first-order valence-corrected chi connectivity index (χ1v) is 4.92. The summed E-state index contributed by atoms with van der Waals surface area (Å²) in [5.41, 5.74) is 0. The molecule has 1 heterocycles. The van der Waals surface area contributed by atoms with E-state index < -0.39 is 13.9 Å². The number of aliphatic hydroxyl groups is 1. The van der Waals surface area contributed by atoms with Gasteiger partial charge in [0.15, 0.2) is 0 Å². The Balaban J connectivity index is 2.54. The van der Waals surface area contributed by atoms with Crippen LogP contribution in [0, 0.1) is 0 Å². The van der Waals surface area contributed by atoms with Crippen LogP contribution in [0.5, 0.6) is 0 Å². The van der Waals surface area contributed by atoms with Gasteiger partial charge < -0.3 is 14.2 Å². The summed E-state index contributed by atoms with van der Waals surface area (Å²) in [6.07, 6.45) is 0.160. The van der Waals surface area contributed by atoms with Crippen LogP contribution in [0.25, 0.3) is 0 Å². The normalized spacial score (nSPS) is 41.6. The number of hydrogen-bond donors (Lipinski definition) is 1. The van der Waals surface area contributed by atoms with Crippen molar-refractivity contribution in [1.82, 2.24) is 0 Å². The van der Waals surface area contributed by atoms with Gasteiger partial charge in [0.05, 0.1) is 12.7 Å². The van der Waals surface area contributed by atoms with Crippen molar-refractivity contribution in [2.75, 3.05) is 13.0 Å². The third-order valence-electron chi connectivity index (χ3n) is 1.33. The Hall–Kier alpha value is 0.110. The Bertz CT molecular complexity index is 158. The second-order valence-corrected chi connectivity index (χ2v) is 4.26. The maximum absolute atomic E-state index is 11.1. The smallest absolute Gasteiger partial charge is 0.356 e. The van der Waals surface area contributed by atoms with Crippen molar-refractivity contribution < 1.29 is 18.7 Å². The minimum absolute atomic E-state index is 0.0632. The first-order valence-electron chi connectivity index (χ1n) is 3.19. The van der Waals surface area contributed by atoms with Crippen molar-refractivity contribution in [1.29, 1.82) is 0 Å². The van der Waals surface area contributed by atoms with Crippen molar-refractivity contribution >= 4 is 7.60 Å². The molecule has 0 bridgehead atoms. The Morgan fingerprint density at radius 1 is 1.80 bits per heavy atom. The van der Waals surface area contributed by atoms with Gasteiger partial charge in [-0.25, -0.2) is 0 Å². The van der Waals surface area contributed by atoms with E-state index in [2.05, 4.69) is 0 Å². The molecule has 4 nitrogen and oxygen atoms in total. The third kappa shape index (κ3) is 1.80. The molecule has 0 spiro atoms. The van der Waals surface area contributed by atoms with Crippen molar-refractivity contribution in [3.63, 3.8) is 0 Å². The Morgan fingerprint density at radius 3 is 2.90 bits per heavy atom. The van der Waals surface area contributed by atoms with Gasteiger partial charge in [0.25, 0.3) is 0 Å². The Morgan fingerprint density at radius 2 is 2.50 bits per heavy atom. The van der Waals surface area contributed by atoms with Crippen LogP contribution < -0.4 is 0 Å². The highest BCUT2D eigenvalue weighted by Crippen LogP contribution is 2.51. The van der Waals surface area contributed by atoms with E-state index in [1.165, 1.54) is 0 Å². The SMILES string of the molecule is CC1CCOP(=O)(CO)O1. The van der Waals surface area contributed by atoms with Crippen molar-refractivity contribution in [2.45, 2.75) is 19.4 Å². The highest BCUT2D eigenvalue weighted by molar-refractivity contribution is 7.53. The van der Waals surface area contributed by atoms with E-state index in [0.717, 1.165) is 6.42 Å². The van der Waals surface area contributed by atoms with Crippen LogP contribution in [0.4, 0.5) is 0 Å². The summed E-state index contributed by atoms with van der Waals surface area (Å²) in [5, 5.41) is 8.55. The van der Waals surface area contributed by atoms with Crippen LogP contribution in [0.3, 0.4) is 0 Å². The molecular weight excluding hydrogens is 155 g/mol. The number of aliphatic hydroxyl groups excluding tert-OH is 1. The van der Waals surface area contributed by atoms with E-state index in [-0.39, 0.29) is 6.10 Å². The van der Waals surface area contributed by atoms with Crippen molar-refractivity contribution in [2.24, 2.45) is 0 Å². The quantitative estimate of drug-likeness (QED) is 0.589. The maximum Gasteiger partial charge on any atom is 0.356 e. The molecule has 5 heteroatoms. The fraction of sp³-hybridized carbons (Fsp3) is 1.00. The molecule has 0 aliphatic carbocycles.